The number of halogens is 1. The molecular weight excluding hydrogens is 222 g/mol. The number of benzene rings is 1. The minimum atomic E-state index is -1.05. The lowest BCUT2D eigenvalue weighted by molar-refractivity contribution is -0.385. The van der Waals surface area contributed by atoms with E-state index in [1.54, 1.807) is 0 Å². The van der Waals surface area contributed by atoms with Crippen LogP contribution in [0.25, 0.3) is 0 Å². The lowest BCUT2D eigenvalue weighted by Crippen LogP contribution is -2.02. The molecule has 15 heavy (non-hydrogen) atoms. The monoisotopic (exact) mass is 229 g/mol. The molecule has 80 valence electrons. The van der Waals surface area contributed by atoms with Crippen molar-refractivity contribution in [2.75, 3.05) is 0 Å². The maximum absolute atomic E-state index is 10.6. The fourth-order valence-corrected chi connectivity index (χ4v) is 1.42. The Morgan fingerprint density at radius 2 is 2.20 bits per heavy atom. The van der Waals surface area contributed by atoms with E-state index in [-0.39, 0.29) is 17.1 Å². The average molecular weight is 230 g/mol. The second kappa shape index (κ2) is 4.27. The highest BCUT2D eigenvalue weighted by atomic mass is 35.5. The molecule has 1 aromatic rings. The highest BCUT2D eigenvalue weighted by molar-refractivity contribution is 6.31. The van der Waals surface area contributed by atoms with Gasteiger partial charge < -0.3 is 5.11 Å². The quantitative estimate of drug-likeness (QED) is 0.636. The summed E-state index contributed by atoms with van der Waals surface area (Å²) in [5.74, 6) is -1.05. The molecule has 1 N–H and O–H groups in total. The van der Waals surface area contributed by atoms with Gasteiger partial charge in [-0.25, -0.2) is 0 Å². The van der Waals surface area contributed by atoms with Gasteiger partial charge in [-0.15, -0.1) is 0 Å². The van der Waals surface area contributed by atoms with Gasteiger partial charge in [0.05, 0.1) is 16.4 Å². The summed E-state index contributed by atoms with van der Waals surface area (Å²) >= 11 is 5.75. The van der Waals surface area contributed by atoms with Crippen molar-refractivity contribution in [2.45, 2.75) is 13.3 Å². The smallest absolute Gasteiger partial charge is 0.307 e. The zero-order valence-corrected chi connectivity index (χ0v) is 8.61. The highest BCUT2D eigenvalue weighted by Gasteiger charge is 2.16. The number of hydrogen-bond acceptors (Lipinski definition) is 3. The summed E-state index contributed by atoms with van der Waals surface area (Å²) in [6.45, 7) is 1.52. The van der Waals surface area contributed by atoms with Gasteiger partial charge in [0.2, 0.25) is 0 Å². The Morgan fingerprint density at radius 3 is 2.67 bits per heavy atom. The number of nitro benzene ring substituents is 1. The van der Waals surface area contributed by atoms with Gasteiger partial charge in [0.25, 0.3) is 5.69 Å². The van der Waals surface area contributed by atoms with Gasteiger partial charge in [-0.05, 0) is 18.6 Å². The molecule has 0 saturated carbocycles. The van der Waals surface area contributed by atoms with Crippen molar-refractivity contribution in [3.63, 3.8) is 0 Å². The second-order valence-corrected chi connectivity index (χ2v) is 3.46. The van der Waals surface area contributed by atoms with Crippen LogP contribution in [0.4, 0.5) is 5.69 Å². The summed E-state index contributed by atoms with van der Waals surface area (Å²) in [5.41, 5.74) is 0.513. The van der Waals surface area contributed by atoms with Crippen LogP contribution in [0, 0.1) is 17.0 Å². The van der Waals surface area contributed by atoms with Gasteiger partial charge in [0, 0.05) is 11.6 Å². The van der Waals surface area contributed by atoms with Gasteiger partial charge in [-0.2, -0.15) is 0 Å². The largest absolute Gasteiger partial charge is 0.481 e. The molecule has 0 fully saturated rings. The highest BCUT2D eigenvalue weighted by Crippen LogP contribution is 2.27. The van der Waals surface area contributed by atoms with Crippen molar-refractivity contribution in [2.24, 2.45) is 0 Å². The molecule has 5 nitrogen and oxygen atoms in total. The second-order valence-electron chi connectivity index (χ2n) is 3.05. The van der Waals surface area contributed by atoms with E-state index in [0.717, 1.165) is 0 Å². The first-order valence-electron chi connectivity index (χ1n) is 4.07. The van der Waals surface area contributed by atoms with Crippen LogP contribution in [0.3, 0.4) is 0 Å². The van der Waals surface area contributed by atoms with Crippen LogP contribution in [0.5, 0.6) is 0 Å². The lowest BCUT2D eigenvalue weighted by Gasteiger charge is -2.03. The summed E-state index contributed by atoms with van der Waals surface area (Å²) in [7, 11) is 0. The van der Waals surface area contributed by atoms with Gasteiger partial charge in [0.1, 0.15) is 0 Å². The number of nitro groups is 1. The van der Waals surface area contributed by atoms with E-state index < -0.39 is 10.9 Å². The van der Waals surface area contributed by atoms with Crippen LogP contribution in [0.15, 0.2) is 12.1 Å². The van der Waals surface area contributed by atoms with Gasteiger partial charge in [-0.3, -0.25) is 14.9 Å². The minimum Gasteiger partial charge on any atom is -0.481 e. The SMILES string of the molecule is Cc1c(Cl)cc(CC(=O)O)cc1[N+](=O)[O-]. The van der Waals surface area contributed by atoms with Gasteiger partial charge in [0.15, 0.2) is 0 Å². The Bertz CT molecular complexity index is 430. The number of carboxylic acids is 1. The van der Waals surface area contributed by atoms with E-state index in [4.69, 9.17) is 16.7 Å². The van der Waals surface area contributed by atoms with Crippen LogP contribution in [0.1, 0.15) is 11.1 Å². The standard InChI is InChI=1S/C9H8ClNO4/c1-5-7(10)2-6(4-9(12)13)3-8(5)11(14)15/h2-3H,4H2,1H3,(H,12,13). The van der Waals surface area contributed by atoms with E-state index in [1.807, 2.05) is 0 Å². The molecule has 0 aliphatic heterocycles. The van der Waals surface area contributed by atoms with Crippen LogP contribution >= 0.6 is 11.6 Å². The molecule has 0 aromatic heterocycles. The molecule has 0 aliphatic rings. The van der Waals surface area contributed by atoms with E-state index >= 15 is 0 Å². The zero-order valence-electron chi connectivity index (χ0n) is 7.86. The van der Waals surface area contributed by atoms with Crippen molar-refractivity contribution in [1.82, 2.24) is 0 Å². The van der Waals surface area contributed by atoms with E-state index in [1.165, 1.54) is 19.1 Å². The molecule has 0 radical (unpaired) electrons. The van der Waals surface area contributed by atoms with Crippen LogP contribution in [-0.2, 0) is 11.2 Å². The Hall–Kier alpha value is -1.62. The molecule has 0 spiro atoms. The van der Waals surface area contributed by atoms with Crippen molar-refractivity contribution >= 4 is 23.3 Å². The molecule has 1 rings (SSSR count). The first-order chi connectivity index (χ1) is 6.91. The van der Waals surface area contributed by atoms with Crippen molar-refractivity contribution in [3.8, 4) is 0 Å². The van der Waals surface area contributed by atoms with Crippen LogP contribution in [0.2, 0.25) is 5.02 Å². The van der Waals surface area contributed by atoms with Gasteiger partial charge >= 0.3 is 5.97 Å². The summed E-state index contributed by atoms with van der Waals surface area (Å²) < 4.78 is 0. The first-order valence-corrected chi connectivity index (χ1v) is 4.45. The van der Waals surface area contributed by atoms with Crippen molar-refractivity contribution < 1.29 is 14.8 Å². The number of aliphatic carboxylic acids is 1. The minimum absolute atomic E-state index is 0.154. The molecule has 0 atom stereocenters. The fraction of sp³-hybridized carbons (Fsp3) is 0.222. The molecule has 0 aliphatic carbocycles. The number of rotatable bonds is 3. The predicted molar refractivity (Wildman–Crippen MR) is 54.2 cm³/mol. The number of carbonyl (C=O) groups is 1. The summed E-state index contributed by atoms with van der Waals surface area (Å²) in [6, 6.07) is 2.66. The third-order valence-electron chi connectivity index (χ3n) is 1.93. The Balaban J connectivity index is 3.23. The summed E-state index contributed by atoms with van der Waals surface area (Å²) in [6.07, 6.45) is -0.277. The normalized spacial score (nSPS) is 10.0. The van der Waals surface area contributed by atoms with E-state index in [0.29, 0.717) is 11.1 Å². The molecule has 0 bridgehead atoms. The molecule has 0 unspecified atom stereocenters. The molecule has 0 amide bonds. The average Bonchev–Trinajstić information content (AvgIpc) is 2.09. The lowest BCUT2D eigenvalue weighted by atomic mass is 10.1. The van der Waals surface area contributed by atoms with E-state index in [2.05, 4.69) is 0 Å². The van der Waals surface area contributed by atoms with Gasteiger partial charge in [-0.1, -0.05) is 11.6 Å². The number of nitrogens with zero attached hydrogens (tertiary/aromatic N) is 1. The van der Waals surface area contributed by atoms with Crippen LogP contribution in [-0.4, -0.2) is 16.0 Å². The van der Waals surface area contributed by atoms with E-state index in [9.17, 15) is 14.9 Å². The Morgan fingerprint density at radius 1 is 1.60 bits per heavy atom. The predicted octanol–water partition coefficient (Wildman–Crippen LogP) is 2.18. The summed E-state index contributed by atoms with van der Waals surface area (Å²) in [4.78, 5) is 20.5. The van der Waals surface area contributed by atoms with Crippen LogP contribution < -0.4 is 0 Å². The molecule has 0 heterocycles. The fourth-order valence-electron chi connectivity index (χ4n) is 1.19. The third kappa shape index (κ3) is 2.66. The maximum Gasteiger partial charge on any atom is 0.307 e. The molecular formula is C9H8ClNO4. The summed E-state index contributed by atoms with van der Waals surface area (Å²) in [5, 5.41) is 19.4. The van der Waals surface area contributed by atoms with Crippen molar-refractivity contribution in [1.29, 1.82) is 0 Å². The topological polar surface area (TPSA) is 80.4 Å². The van der Waals surface area contributed by atoms with Crippen molar-refractivity contribution in [3.05, 3.63) is 38.4 Å². The number of hydrogen-bond donors (Lipinski definition) is 1. The third-order valence-corrected chi connectivity index (χ3v) is 2.32. The molecule has 6 heteroatoms. The zero-order chi connectivity index (χ0) is 11.6. The molecule has 0 saturated heterocycles. The Labute approximate surface area is 90.4 Å². The molecule has 1 aromatic carbocycles. The first kappa shape index (κ1) is 11.5. The maximum atomic E-state index is 10.6. The number of carboxylic acid groups (broad SMARTS) is 1. The Kier molecular flexibility index (Phi) is 3.26.